The second kappa shape index (κ2) is 12.3. The van der Waals surface area contributed by atoms with Gasteiger partial charge in [0.2, 0.25) is 0 Å². The average molecular weight is 604 g/mol. The van der Waals surface area contributed by atoms with Crippen molar-refractivity contribution in [1.82, 2.24) is 26.2 Å². The summed E-state index contributed by atoms with van der Waals surface area (Å²) in [6, 6.07) is -1.32. The Labute approximate surface area is 182 Å². The number of hydrogen-bond acceptors (Lipinski definition) is 7. The number of nitrogens with one attached hydrogen (secondary N) is 4. The molecule has 0 fully saturated rings. The molecule has 5 amide bonds. The number of rotatable bonds is 12. The van der Waals surface area contributed by atoms with E-state index in [0.717, 1.165) is 41.9 Å². The molecule has 0 spiro atoms. The predicted molar refractivity (Wildman–Crippen MR) is 99.5 cm³/mol. The van der Waals surface area contributed by atoms with E-state index in [1.54, 1.807) is 0 Å². The molecule has 13 heteroatoms. The van der Waals surface area contributed by atoms with Gasteiger partial charge in [-0.2, -0.15) is 0 Å². The van der Waals surface area contributed by atoms with Gasteiger partial charge in [0.15, 0.2) is 0 Å². The van der Waals surface area contributed by atoms with Gasteiger partial charge in [0.1, 0.15) is 0 Å². The van der Waals surface area contributed by atoms with Crippen molar-refractivity contribution in [3.63, 3.8) is 0 Å². The zero-order valence-electron chi connectivity index (χ0n) is 15.7. The summed E-state index contributed by atoms with van der Waals surface area (Å²) < 4.78 is 0.871. The molecule has 157 valence electrons. The van der Waals surface area contributed by atoms with E-state index in [9.17, 15) is 28.8 Å². The molecule has 0 aromatic rings. The smallest absolute Gasteiger partial charge is 0.480 e. The SMILES string of the molecule is CC([CH2][Pb])NC(=O)CNC(=O)CNC(=O)C(CNCC(=O)O)N1C(=O)C=CC1=O. The summed E-state index contributed by atoms with van der Waals surface area (Å²) in [4.78, 5) is 70.8. The topological polar surface area (TPSA) is 174 Å². The Hall–Kier alpha value is -2.36. The van der Waals surface area contributed by atoms with Crippen LogP contribution < -0.4 is 21.3 Å². The molecular formula is C16H22N5O7Pb. The van der Waals surface area contributed by atoms with Crippen molar-refractivity contribution in [2.45, 2.75) is 23.0 Å². The summed E-state index contributed by atoms with van der Waals surface area (Å²) in [6.07, 6.45) is 1.98. The fraction of sp³-hybridized carbons (Fsp3) is 0.500. The first kappa shape index (κ1) is 24.7. The quantitative estimate of drug-likeness (QED) is 0.112. The fourth-order valence-corrected chi connectivity index (χ4v) is 2.64. The molecule has 1 rings (SSSR count). The third kappa shape index (κ3) is 8.68. The van der Waals surface area contributed by atoms with Gasteiger partial charge in [0, 0.05) is 12.2 Å². The van der Waals surface area contributed by atoms with Gasteiger partial charge in [-0.3, -0.25) is 14.4 Å². The molecule has 1 heterocycles. The Morgan fingerprint density at radius 1 is 1.03 bits per heavy atom. The minimum atomic E-state index is -1.34. The molecule has 0 aromatic carbocycles. The van der Waals surface area contributed by atoms with Crippen LogP contribution in [0.25, 0.3) is 0 Å². The summed E-state index contributed by atoms with van der Waals surface area (Å²) in [5, 5.41) is 18.4. The van der Waals surface area contributed by atoms with Crippen molar-refractivity contribution in [1.29, 1.82) is 0 Å². The molecule has 2 atom stereocenters. The van der Waals surface area contributed by atoms with Crippen LogP contribution in [0.15, 0.2) is 12.2 Å². The first-order chi connectivity index (χ1) is 13.6. The monoisotopic (exact) mass is 604 g/mol. The molecule has 3 radical (unpaired) electrons. The Kier molecular flexibility index (Phi) is 10.4. The minimum Gasteiger partial charge on any atom is -0.480 e. The van der Waals surface area contributed by atoms with Crippen LogP contribution in [0.4, 0.5) is 0 Å². The number of amides is 5. The maximum absolute atomic E-state index is 12.4. The molecule has 0 saturated carbocycles. The molecule has 1 aliphatic rings. The molecule has 0 bridgehead atoms. The van der Waals surface area contributed by atoms with Gasteiger partial charge in [0.05, 0.1) is 6.54 Å². The zero-order valence-corrected chi connectivity index (χ0v) is 19.6. The van der Waals surface area contributed by atoms with Crippen LogP contribution in [0, 0.1) is 0 Å². The minimum absolute atomic E-state index is 0.0222. The fourth-order valence-electron chi connectivity index (χ4n) is 2.24. The molecule has 1 aliphatic heterocycles. The van der Waals surface area contributed by atoms with Crippen LogP contribution in [0.2, 0.25) is 3.98 Å². The Morgan fingerprint density at radius 3 is 2.17 bits per heavy atom. The molecule has 0 aliphatic carbocycles. The molecular weight excluding hydrogens is 581 g/mol. The van der Waals surface area contributed by atoms with E-state index in [0.29, 0.717) is 4.90 Å². The van der Waals surface area contributed by atoms with E-state index in [4.69, 9.17) is 5.11 Å². The summed E-state index contributed by atoms with van der Waals surface area (Å²) in [6.45, 7) is 0.321. The van der Waals surface area contributed by atoms with Crippen molar-refractivity contribution in [3.8, 4) is 0 Å². The van der Waals surface area contributed by atoms with Crippen LogP contribution in [0.5, 0.6) is 0 Å². The molecule has 29 heavy (non-hydrogen) atoms. The van der Waals surface area contributed by atoms with Crippen LogP contribution >= 0.6 is 0 Å². The number of imide groups is 1. The van der Waals surface area contributed by atoms with Crippen molar-refractivity contribution in [2.24, 2.45) is 0 Å². The number of nitrogens with zero attached hydrogens (tertiary/aromatic N) is 1. The van der Waals surface area contributed by atoms with Crippen LogP contribution in [-0.4, -0.2) is 110 Å². The van der Waals surface area contributed by atoms with Crippen LogP contribution in [0.3, 0.4) is 0 Å². The first-order valence-corrected chi connectivity index (χ1v) is 11.4. The summed E-state index contributed by atoms with van der Waals surface area (Å²) in [7, 11) is 0. The Balaban J connectivity index is 2.57. The van der Waals surface area contributed by atoms with Gasteiger partial charge in [-0.05, 0) is 0 Å². The van der Waals surface area contributed by atoms with Gasteiger partial charge < -0.3 is 10.4 Å². The third-order valence-corrected chi connectivity index (χ3v) is 6.04. The molecule has 0 aromatic heterocycles. The number of carboxylic acid groups (broad SMARTS) is 1. The number of hydrogen-bond donors (Lipinski definition) is 5. The van der Waals surface area contributed by atoms with Gasteiger partial charge in [-0.15, -0.1) is 0 Å². The summed E-state index contributed by atoms with van der Waals surface area (Å²) >= 11 is 0.931. The van der Waals surface area contributed by atoms with E-state index in [1.807, 2.05) is 6.92 Å². The van der Waals surface area contributed by atoms with Crippen molar-refractivity contribution >= 4 is 61.3 Å². The first-order valence-electron chi connectivity index (χ1n) is 8.61. The van der Waals surface area contributed by atoms with E-state index in [1.165, 1.54) is 0 Å². The molecule has 12 nitrogen and oxygen atoms in total. The molecule has 0 saturated heterocycles. The summed E-state index contributed by atoms with van der Waals surface area (Å²) in [5.41, 5.74) is 0. The number of carbonyl (C=O) groups is 6. The van der Waals surface area contributed by atoms with Crippen LogP contribution in [-0.2, 0) is 28.8 Å². The number of carboxylic acids is 1. The summed E-state index contributed by atoms with van der Waals surface area (Å²) in [5.74, 6) is -4.44. The van der Waals surface area contributed by atoms with E-state index in [-0.39, 0.29) is 25.0 Å². The van der Waals surface area contributed by atoms with Crippen molar-refractivity contribution in [2.75, 3.05) is 26.2 Å². The van der Waals surface area contributed by atoms with Crippen molar-refractivity contribution < 1.29 is 33.9 Å². The van der Waals surface area contributed by atoms with Gasteiger partial charge in [-0.25, -0.2) is 0 Å². The molecule has 5 N–H and O–H groups in total. The average Bonchev–Trinajstić information content (AvgIpc) is 2.99. The second-order valence-corrected chi connectivity index (χ2v) is 7.67. The van der Waals surface area contributed by atoms with Gasteiger partial charge >= 0.3 is 127 Å². The van der Waals surface area contributed by atoms with E-state index in [2.05, 4.69) is 21.3 Å². The Morgan fingerprint density at radius 2 is 1.62 bits per heavy atom. The van der Waals surface area contributed by atoms with Gasteiger partial charge in [-0.1, -0.05) is 0 Å². The standard InChI is InChI=1S/C16H22N5O7.Pb/c1-9(2)20-12(23)7-18-11(22)6-19-16(28)10(5-17-8-15(26)27)21-13(24)3-4-14(21)25;/h3-4,9-10,17H,1,5-8H2,2H3,(H,18,22)(H,19,28)(H,20,23)(H,26,27);. The third-order valence-electron chi connectivity index (χ3n) is 3.65. The van der Waals surface area contributed by atoms with E-state index >= 15 is 0 Å². The predicted octanol–water partition coefficient (Wildman–Crippen LogP) is -3.72. The second-order valence-electron chi connectivity index (χ2n) is 6.09. The Bertz CT molecular complexity index is 694. The van der Waals surface area contributed by atoms with Gasteiger partial charge in [0.25, 0.3) is 11.8 Å². The zero-order chi connectivity index (χ0) is 22.0. The van der Waals surface area contributed by atoms with Crippen LogP contribution in [0.1, 0.15) is 6.92 Å². The molecule has 2 unspecified atom stereocenters. The number of aliphatic carboxylic acids is 1. The van der Waals surface area contributed by atoms with E-state index < -0.39 is 48.7 Å². The van der Waals surface area contributed by atoms with Crippen molar-refractivity contribution in [3.05, 3.63) is 12.2 Å². The normalized spacial score (nSPS) is 15.0. The number of carbonyl (C=O) groups excluding carboxylic acids is 5. The maximum atomic E-state index is 12.4.